The van der Waals surface area contributed by atoms with E-state index in [1.54, 1.807) is 6.07 Å². The second-order valence-electron chi connectivity index (χ2n) is 2.65. The third-order valence-corrected chi connectivity index (χ3v) is 1.72. The Labute approximate surface area is 72.3 Å². The first-order valence-electron chi connectivity index (χ1n) is 3.91. The average Bonchev–Trinajstić information content (AvgIpc) is 2.04. The van der Waals surface area contributed by atoms with Crippen LogP contribution in [0.25, 0.3) is 6.08 Å². The summed E-state index contributed by atoms with van der Waals surface area (Å²) >= 11 is 0. The number of hydrogen-bond donors (Lipinski definition) is 2. The molecule has 0 aliphatic rings. The van der Waals surface area contributed by atoms with Gasteiger partial charge < -0.3 is 10.8 Å². The molecule has 1 aromatic rings. The first kappa shape index (κ1) is 8.81. The van der Waals surface area contributed by atoms with Gasteiger partial charge in [-0.05, 0) is 18.6 Å². The molecule has 0 saturated carbocycles. The van der Waals surface area contributed by atoms with Crippen molar-refractivity contribution in [3.8, 4) is 5.75 Å². The minimum absolute atomic E-state index is 0.305. The van der Waals surface area contributed by atoms with E-state index in [0.717, 1.165) is 11.1 Å². The third-order valence-electron chi connectivity index (χ3n) is 1.72. The fourth-order valence-electron chi connectivity index (χ4n) is 1.07. The maximum absolute atomic E-state index is 9.43. The highest BCUT2D eigenvalue weighted by atomic mass is 16.3. The molecule has 0 amide bonds. The van der Waals surface area contributed by atoms with E-state index in [9.17, 15) is 5.11 Å². The molecule has 1 rings (SSSR count). The second kappa shape index (κ2) is 3.93. The Morgan fingerprint density at radius 2 is 2.25 bits per heavy atom. The molecule has 0 fully saturated rings. The molecule has 0 atom stereocenters. The molecule has 2 nitrogen and oxygen atoms in total. The lowest BCUT2D eigenvalue weighted by Crippen LogP contribution is -1.92. The normalized spacial score (nSPS) is 10.8. The summed E-state index contributed by atoms with van der Waals surface area (Å²) in [7, 11) is 0. The summed E-state index contributed by atoms with van der Waals surface area (Å²) in [5.74, 6) is 0.305. The molecule has 2 heteroatoms. The van der Waals surface area contributed by atoms with Crippen molar-refractivity contribution in [3.63, 3.8) is 0 Å². The second-order valence-corrected chi connectivity index (χ2v) is 2.65. The highest BCUT2D eigenvalue weighted by Gasteiger charge is 1.98. The van der Waals surface area contributed by atoms with Crippen molar-refractivity contribution in [3.05, 3.63) is 35.4 Å². The van der Waals surface area contributed by atoms with Crippen LogP contribution < -0.4 is 5.73 Å². The summed E-state index contributed by atoms with van der Waals surface area (Å²) < 4.78 is 0. The van der Waals surface area contributed by atoms with Crippen molar-refractivity contribution in [2.45, 2.75) is 6.92 Å². The quantitative estimate of drug-likeness (QED) is 0.696. The van der Waals surface area contributed by atoms with Crippen LogP contribution >= 0.6 is 0 Å². The van der Waals surface area contributed by atoms with Crippen molar-refractivity contribution < 1.29 is 5.11 Å². The van der Waals surface area contributed by atoms with E-state index in [0.29, 0.717) is 12.3 Å². The molecule has 64 valence electrons. The van der Waals surface area contributed by atoms with Crippen LogP contribution in [0.2, 0.25) is 0 Å². The molecule has 0 unspecified atom stereocenters. The predicted molar refractivity (Wildman–Crippen MR) is 50.9 cm³/mol. The summed E-state index contributed by atoms with van der Waals surface area (Å²) in [6, 6.07) is 5.45. The van der Waals surface area contributed by atoms with Gasteiger partial charge in [0, 0.05) is 12.1 Å². The molecule has 3 N–H and O–H groups in total. The number of nitrogens with two attached hydrogens (primary N) is 1. The Kier molecular flexibility index (Phi) is 2.88. The van der Waals surface area contributed by atoms with Gasteiger partial charge in [0.2, 0.25) is 0 Å². The van der Waals surface area contributed by atoms with Gasteiger partial charge in [-0.25, -0.2) is 0 Å². The van der Waals surface area contributed by atoms with Crippen LogP contribution in [-0.2, 0) is 0 Å². The van der Waals surface area contributed by atoms with Crippen molar-refractivity contribution in [1.82, 2.24) is 0 Å². The standard InChI is InChI=1S/C10H13NO/c1-8-4-2-6-10(12)9(8)5-3-7-11/h2-6,12H,7,11H2,1H3. The smallest absolute Gasteiger partial charge is 0.123 e. The van der Waals surface area contributed by atoms with Crippen LogP contribution in [0.15, 0.2) is 24.3 Å². The van der Waals surface area contributed by atoms with Crippen molar-refractivity contribution in [2.75, 3.05) is 6.54 Å². The van der Waals surface area contributed by atoms with Crippen molar-refractivity contribution in [2.24, 2.45) is 5.73 Å². The lowest BCUT2D eigenvalue weighted by Gasteiger charge is -2.01. The molecule has 0 aliphatic carbocycles. The highest BCUT2D eigenvalue weighted by molar-refractivity contribution is 5.60. The van der Waals surface area contributed by atoms with Gasteiger partial charge in [0.15, 0.2) is 0 Å². The Balaban J connectivity index is 3.04. The number of benzene rings is 1. The van der Waals surface area contributed by atoms with E-state index < -0.39 is 0 Å². The molecule has 0 heterocycles. The highest BCUT2D eigenvalue weighted by Crippen LogP contribution is 2.21. The molecular weight excluding hydrogens is 150 g/mol. The molecule has 0 aliphatic heterocycles. The lowest BCUT2D eigenvalue weighted by molar-refractivity contribution is 0.473. The van der Waals surface area contributed by atoms with Gasteiger partial charge in [-0.3, -0.25) is 0 Å². The molecular formula is C10H13NO. The lowest BCUT2D eigenvalue weighted by atomic mass is 10.1. The number of aryl methyl sites for hydroxylation is 1. The number of hydrogen-bond acceptors (Lipinski definition) is 2. The fraction of sp³-hybridized carbons (Fsp3) is 0.200. The van der Waals surface area contributed by atoms with E-state index in [-0.39, 0.29) is 0 Å². The molecule has 0 saturated heterocycles. The van der Waals surface area contributed by atoms with Crippen molar-refractivity contribution in [1.29, 1.82) is 0 Å². The SMILES string of the molecule is Cc1cccc(O)c1C=CCN. The summed E-state index contributed by atoms with van der Waals surface area (Å²) in [5.41, 5.74) is 7.21. The average molecular weight is 163 g/mol. The van der Waals surface area contributed by atoms with Crippen LogP contribution in [0.5, 0.6) is 5.75 Å². The molecule has 0 spiro atoms. The molecule has 0 radical (unpaired) electrons. The van der Waals surface area contributed by atoms with Gasteiger partial charge in [-0.15, -0.1) is 0 Å². The van der Waals surface area contributed by atoms with Crippen LogP contribution in [0.1, 0.15) is 11.1 Å². The van der Waals surface area contributed by atoms with Crippen LogP contribution in [0, 0.1) is 6.92 Å². The largest absolute Gasteiger partial charge is 0.507 e. The Bertz CT molecular complexity index is 272. The van der Waals surface area contributed by atoms with Crippen LogP contribution in [0.4, 0.5) is 0 Å². The third kappa shape index (κ3) is 1.86. The summed E-state index contributed by atoms with van der Waals surface area (Å²) in [4.78, 5) is 0. The monoisotopic (exact) mass is 163 g/mol. The van der Waals surface area contributed by atoms with E-state index in [1.807, 2.05) is 31.2 Å². The van der Waals surface area contributed by atoms with Gasteiger partial charge in [-0.1, -0.05) is 24.3 Å². The zero-order chi connectivity index (χ0) is 8.97. The maximum atomic E-state index is 9.43. The number of aromatic hydroxyl groups is 1. The summed E-state index contributed by atoms with van der Waals surface area (Å²) in [6.07, 6.45) is 3.66. The Morgan fingerprint density at radius 1 is 1.50 bits per heavy atom. The van der Waals surface area contributed by atoms with Crippen molar-refractivity contribution >= 4 is 6.08 Å². The van der Waals surface area contributed by atoms with Gasteiger partial charge in [0.1, 0.15) is 5.75 Å². The number of phenols is 1. The van der Waals surface area contributed by atoms with Gasteiger partial charge in [0.05, 0.1) is 0 Å². The fourth-order valence-corrected chi connectivity index (χ4v) is 1.07. The van der Waals surface area contributed by atoms with Gasteiger partial charge in [-0.2, -0.15) is 0 Å². The first-order chi connectivity index (χ1) is 5.75. The first-order valence-corrected chi connectivity index (χ1v) is 3.91. The summed E-state index contributed by atoms with van der Waals surface area (Å²) in [6.45, 7) is 2.45. The Morgan fingerprint density at radius 3 is 2.83 bits per heavy atom. The van der Waals surface area contributed by atoms with E-state index in [2.05, 4.69) is 0 Å². The molecule has 0 bridgehead atoms. The molecule has 0 aromatic heterocycles. The predicted octanol–water partition coefficient (Wildman–Crippen LogP) is 1.67. The van der Waals surface area contributed by atoms with E-state index in [1.165, 1.54) is 0 Å². The minimum atomic E-state index is 0.305. The van der Waals surface area contributed by atoms with E-state index in [4.69, 9.17) is 5.73 Å². The zero-order valence-corrected chi connectivity index (χ0v) is 7.12. The van der Waals surface area contributed by atoms with E-state index >= 15 is 0 Å². The van der Waals surface area contributed by atoms with Gasteiger partial charge in [0.25, 0.3) is 0 Å². The topological polar surface area (TPSA) is 46.2 Å². The minimum Gasteiger partial charge on any atom is -0.507 e. The number of phenolic OH excluding ortho intramolecular Hbond substituents is 1. The zero-order valence-electron chi connectivity index (χ0n) is 7.12. The Hall–Kier alpha value is -1.28. The molecule has 12 heavy (non-hydrogen) atoms. The van der Waals surface area contributed by atoms with Crippen LogP contribution in [0.3, 0.4) is 0 Å². The summed E-state index contributed by atoms with van der Waals surface area (Å²) in [5, 5.41) is 9.43. The van der Waals surface area contributed by atoms with Crippen LogP contribution in [-0.4, -0.2) is 11.7 Å². The molecule has 1 aromatic carbocycles. The maximum Gasteiger partial charge on any atom is 0.123 e. The van der Waals surface area contributed by atoms with Gasteiger partial charge >= 0.3 is 0 Å². The number of rotatable bonds is 2.